The van der Waals surface area contributed by atoms with Crippen LogP contribution in [0.25, 0.3) is 0 Å². The first-order chi connectivity index (χ1) is 22.3. The number of methoxy groups -OCH3 is 1. The molecule has 0 unspecified atom stereocenters. The van der Waals surface area contributed by atoms with Gasteiger partial charge in [0.15, 0.2) is 6.29 Å². The van der Waals surface area contributed by atoms with E-state index in [2.05, 4.69) is 0 Å². The number of aliphatic hydroxyl groups is 2. The summed E-state index contributed by atoms with van der Waals surface area (Å²) in [4.78, 5) is 0. The van der Waals surface area contributed by atoms with Crippen molar-refractivity contribution in [3.05, 3.63) is 0 Å². The molecule has 16 nitrogen and oxygen atoms in total. The van der Waals surface area contributed by atoms with E-state index in [9.17, 15) is 0 Å². The maximum atomic E-state index is 8.70. The SMILES string of the molecule is COCCOCCOCCOCCO[B]OCCOCCOCCC(OCCOCCOCCO)OCCOCCOCCO. The van der Waals surface area contributed by atoms with Crippen LogP contribution in [-0.4, -0.2) is 196 Å². The second-order valence-electron chi connectivity index (χ2n) is 8.75. The average molecular weight is 662 g/mol. The zero-order valence-electron chi connectivity index (χ0n) is 27.1. The number of aliphatic hydroxyl groups excluding tert-OH is 2. The van der Waals surface area contributed by atoms with Crippen molar-refractivity contribution in [1.82, 2.24) is 0 Å². The van der Waals surface area contributed by atoms with Crippen LogP contribution < -0.4 is 0 Å². The third kappa shape index (κ3) is 39.5. The van der Waals surface area contributed by atoms with E-state index in [1.54, 1.807) is 7.11 Å². The molecule has 0 aliphatic carbocycles. The van der Waals surface area contributed by atoms with Gasteiger partial charge in [-0.2, -0.15) is 0 Å². The Morgan fingerprint density at radius 1 is 0.378 bits per heavy atom. The number of rotatable bonds is 41. The molecule has 0 aromatic heterocycles. The fourth-order valence-corrected chi connectivity index (χ4v) is 3.01. The van der Waals surface area contributed by atoms with Crippen molar-refractivity contribution in [1.29, 1.82) is 0 Å². The van der Waals surface area contributed by atoms with Gasteiger partial charge in [-0.25, -0.2) is 0 Å². The molecule has 0 saturated carbocycles. The molecule has 0 aliphatic rings. The van der Waals surface area contributed by atoms with E-state index in [0.29, 0.717) is 158 Å². The van der Waals surface area contributed by atoms with Crippen LogP contribution in [0.3, 0.4) is 0 Å². The van der Waals surface area contributed by atoms with Gasteiger partial charge in [0.1, 0.15) is 0 Å². The van der Waals surface area contributed by atoms with Crippen molar-refractivity contribution in [2.45, 2.75) is 12.7 Å². The zero-order chi connectivity index (χ0) is 32.6. The summed E-state index contributed by atoms with van der Waals surface area (Å²) >= 11 is 0. The van der Waals surface area contributed by atoms with Crippen molar-refractivity contribution in [2.75, 3.05) is 172 Å². The summed E-state index contributed by atoms with van der Waals surface area (Å²) in [6.45, 7) is 9.69. The Labute approximate surface area is 269 Å². The number of hydrogen-bond donors (Lipinski definition) is 2. The van der Waals surface area contributed by atoms with Gasteiger partial charge in [0, 0.05) is 13.5 Å². The Hall–Kier alpha value is -0.575. The van der Waals surface area contributed by atoms with Gasteiger partial charge in [0.2, 0.25) is 0 Å². The molecule has 45 heavy (non-hydrogen) atoms. The molecule has 0 aliphatic heterocycles. The molecule has 0 bridgehead atoms. The molecule has 17 heteroatoms. The predicted octanol–water partition coefficient (Wildman–Crippen LogP) is -0.916. The van der Waals surface area contributed by atoms with Gasteiger partial charge >= 0.3 is 7.69 Å². The Kier molecular flexibility index (Phi) is 40.9. The fraction of sp³-hybridized carbons (Fsp3) is 1.00. The minimum absolute atomic E-state index is 0.0124. The largest absolute Gasteiger partial charge is 0.488 e. The quantitative estimate of drug-likeness (QED) is 0.0468. The molecule has 0 rings (SSSR count). The fourth-order valence-electron chi connectivity index (χ4n) is 3.01. The van der Waals surface area contributed by atoms with Gasteiger partial charge in [0.25, 0.3) is 0 Å². The van der Waals surface area contributed by atoms with Gasteiger partial charge in [-0.1, -0.05) is 0 Å². The zero-order valence-corrected chi connectivity index (χ0v) is 27.1. The minimum atomic E-state index is -0.478. The Balaban J connectivity index is 3.64. The maximum Gasteiger partial charge on any atom is 0.488 e. The molecular weight excluding hydrogens is 603 g/mol. The molecule has 0 aromatic rings. The number of ether oxygens (including phenoxy) is 12. The van der Waals surface area contributed by atoms with Crippen LogP contribution in [0.15, 0.2) is 0 Å². The molecule has 1 radical (unpaired) electrons. The van der Waals surface area contributed by atoms with Gasteiger partial charge in [-0.3, -0.25) is 0 Å². The lowest BCUT2D eigenvalue weighted by molar-refractivity contribution is -0.168. The minimum Gasteiger partial charge on any atom is -0.411 e. The van der Waals surface area contributed by atoms with Crippen LogP contribution in [0, 0.1) is 0 Å². The van der Waals surface area contributed by atoms with Gasteiger partial charge in [-0.15, -0.1) is 0 Å². The molecule has 2 N–H and O–H groups in total. The van der Waals surface area contributed by atoms with Gasteiger partial charge in [0.05, 0.1) is 165 Å². The van der Waals surface area contributed by atoms with Crippen LogP contribution in [0.2, 0.25) is 0 Å². The molecule has 0 heterocycles. The second-order valence-corrected chi connectivity index (χ2v) is 8.75. The Bertz CT molecular complexity index is 509. The van der Waals surface area contributed by atoms with E-state index in [-0.39, 0.29) is 13.2 Å². The molecule has 0 atom stereocenters. The lowest BCUT2D eigenvalue weighted by atomic mass is 10.4. The maximum absolute atomic E-state index is 8.70. The third-order valence-electron chi connectivity index (χ3n) is 5.15. The van der Waals surface area contributed by atoms with E-state index in [4.69, 9.17) is 76.4 Å². The lowest BCUT2D eigenvalue weighted by Crippen LogP contribution is -2.24. The monoisotopic (exact) mass is 661 g/mol. The second kappa shape index (κ2) is 41.4. The molecule has 0 aromatic carbocycles. The Morgan fingerprint density at radius 2 is 0.689 bits per heavy atom. The Morgan fingerprint density at radius 3 is 1.07 bits per heavy atom. The first kappa shape index (κ1) is 44.4. The highest BCUT2D eigenvalue weighted by Gasteiger charge is 2.10. The van der Waals surface area contributed by atoms with Crippen LogP contribution in [0.5, 0.6) is 0 Å². The predicted molar refractivity (Wildman–Crippen MR) is 161 cm³/mol. The smallest absolute Gasteiger partial charge is 0.411 e. The lowest BCUT2D eigenvalue weighted by Gasteiger charge is -2.19. The highest BCUT2D eigenvalue weighted by molar-refractivity contribution is 6.17. The summed E-state index contributed by atoms with van der Waals surface area (Å²) in [7, 11) is 2.92. The normalized spacial score (nSPS) is 11.6. The summed E-state index contributed by atoms with van der Waals surface area (Å²) in [5.74, 6) is 0. The van der Waals surface area contributed by atoms with Crippen LogP contribution in [-0.2, 0) is 66.2 Å². The summed E-state index contributed by atoms with van der Waals surface area (Å²) in [6, 6.07) is 0. The van der Waals surface area contributed by atoms with E-state index >= 15 is 0 Å². The van der Waals surface area contributed by atoms with Crippen LogP contribution >= 0.6 is 0 Å². The average Bonchev–Trinajstić information content (AvgIpc) is 3.05. The molecule has 0 spiro atoms. The van der Waals surface area contributed by atoms with E-state index < -0.39 is 6.29 Å². The highest BCUT2D eigenvalue weighted by Crippen LogP contribution is 2.02. The van der Waals surface area contributed by atoms with Crippen molar-refractivity contribution in [2.24, 2.45) is 0 Å². The van der Waals surface area contributed by atoms with Crippen molar-refractivity contribution >= 4 is 7.69 Å². The van der Waals surface area contributed by atoms with Gasteiger partial charge in [-0.05, 0) is 0 Å². The van der Waals surface area contributed by atoms with E-state index in [1.807, 2.05) is 0 Å². The van der Waals surface area contributed by atoms with E-state index in [1.165, 1.54) is 7.69 Å². The standard InChI is InChI=1S/C28H58BO16/c1-32-8-9-36-16-17-37-18-19-41-23-27-45-29-44-26-22-40-13-10-33-5-2-28(42-24-20-38-14-11-34-6-3-30)43-25-21-39-15-12-35-7-4-31/h28,30-31H,2-27H2,1H3. The van der Waals surface area contributed by atoms with Gasteiger partial charge < -0.3 is 76.4 Å². The summed E-state index contributed by atoms with van der Waals surface area (Å²) in [6.07, 6.45) is 0.0452. The number of hydrogen-bond acceptors (Lipinski definition) is 16. The topological polar surface area (TPSA) is 170 Å². The first-order valence-electron chi connectivity index (χ1n) is 15.5. The molecule has 269 valence electrons. The summed E-state index contributed by atoms with van der Waals surface area (Å²) in [5.41, 5.74) is 0. The summed E-state index contributed by atoms with van der Waals surface area (Å²) in [5, 5.41) is 17.4. The van der Waals surface area contributed by atoms with Crippen LogP contribution in [0.4, 0.5) is 0 Å². The molecular formula is C28H58BO16. The first-order valence-corrected chi connectivity index (χ1v) is 15.5. The molecule has 0 saturated heterocycles. The third-order valence-corrected chi connectivity index (χ3v) is 5.15. The van der Waals surface area contributed by atoms with Crippen molar-refractivity contribution < 1.29 is 76.4 Å². The van der Waals surface area contributed by atoms with E-state index in [0.717, 1.165) is 0 Å². The highest BCUT2D eigenvalue weighted by atomic mass is 16.7. The molecule has 0 amide bonds. The van der Waals surface area contributed by atoms with Crippen LogP contribution in [0.1, 0.15) is 6.42 Å². The van der Waals surface area contributed by atoms with Crippen molar-refractivity contribution in [3.8, 4) is 0 Å². The van der Waals surface area contributed by atoms with Crippen molar-refractivity contribution in [3.63, 3.8) is 0 Å². The molecule has 0 fully saturated rings. The summed E-state index contributed by atoms with van der Waals surface area (Å²) < 4.78 is 75.3.